The summed E-state index contributed by atoms with van der Waals surface area (Å²) in [5.74, 6) is 0.567. The third kappa shape index (κ3) is 3.77. The van der Waals surface area contributed by atoms with E-state index in [2.05, 4.69) is 33.0 Å². The van der Waals surface area contributed by atoms with Gasteiger partial charge < -0.3 is 10.1 Å². The van der Waals surface area contributed by atoms with Crippen LogP contribution in [0.25, 0.3) is 0 Å². The van der Waals surface area contributed by atoms with Crippen LogP contribution in [0, 0.1) is 0 Å². The molecule has 2 atom stereocenters. The molecule has 108 valence electrons. The molecule has 1 aromatic heterocycles. The summed E-state index contributed by atoms with van der Waals surface area (Å²) in [6.07, 6.45) is 3.84. The third-order valence-electron chi connectivity index (χ3n) is 3.67. The quantitative estimate of drug-likeness (QED) is 0.915. The van der Waals surface area contributed by atoms with Crippen LogP contribution in [0.15, 0.2) is 0 Å². The van der Waals surface area contributed by atoms with Crippen molar-refractivity contribution in [2.24, 2.45) is 0 Å². The molecule has 0 radical (unpaired) electrons. The van der Waals surface area contributed by atoms with Gasteiger partial charge in [-0.1, -0.05) is 0 Å². The molecule has 0 spiro atoms. The summed E-state index contributed by atoms with van der Waals surface area (Å²) >= 11 is 1.84. The first-order valence-corrected chi connectivity index (χ1v) is 7.99. The van der Waals surface area contributed by atoms with E-state index in [4.69, 9.17) is 9.72 Å². The third-order valence-corrected chi connectivity index (χ3v) is 4.96. The molecule has 0 aromatic carbocycles. The Kier molecular flexibility index (Phi) is 4.64. The fourth-order valence-corrected chi connectivity index (χ4v) is 3.65. The van der Waals surface area contributed by atoms with E-state index in [9.17, 15) is 0 Å². The van der Waals surface area contributed by atoms with Crippen LogP contribution in [0.5, 0.6) is 0 Å². The number of nitrogens with one attached hydrogen (secondary N) is 1. The Balaban J connectivity index is 2.12. The van der Waals surface area contributed by atoms with Crippen LogP contribution in [0.4, 0.5) is 0 Å². The minimum absolute atomic E-state index is 0.117. The van der Waals surface area contributed by atoms with Crippen LogP contribution in [0.1, 0.15) is 68.1 Å². The second-order valence-corrected chi connectivity index (χ2v) is 7.57. The molecule has 1 heterocycles. The van der Waals surface area contributed by atoms with Crippen molar-refractivity contribution in [2.45, 2.75) is 64.5 Å². The Hall–Kier alpha value is -0.450. The molecule has 2 rings (SSSR count). The first-order valence-electron chi connectivity index (χ1n) is 7.18. The molecule has 1 aliphatic rings. The largest absolute Gasteiger partial charge is 0.375 e. The number of hydrogen-bond donors (Lipinski definition) is 1. The van der Waals surface area contributed by atoms with Gasteiger partial charge in [-0.3, -0.25) is 0 Å². The lowest BCUT2D eigenvalue weighted by Crippen LogP contribution is -2.39. The van der Waals surface area contributed by atoms with Crippen molar-refractivity contribution >= 4 is 11.3 Å². The van der Waals surface area contributed by atoms with Crippen molar-refractivity contribution in [3.63, 3.8) is 0 Å². The van der Waals surface area contributed by atoms with Gasteiger partial charge in [-0.15, -0.1) is 11.3 Å². The lowest BCUT2D eigenvalue weighted by Gasteiger charge is -2.27. The number of ether oxygens (including phenoxy) is 1. The van der Waals surface area contributed by atoms with E-state index in [1.165, 1.54) is 29.8 Å². The van der Waals surface area contributed by atoms with Gasteiger partial charge in [0.05, 0.1) is 5.69 Å². The minimum atomic E-state index is 0.117. The van der Waals surface area contributed by atoms with Crippen LogP contribution >= 0.6 is 11.3 Å². The second kappa shape index (κ2) is 5.90. The van der Waals surface area contributed by atoms with Crippen molar-refractivity contribution < 1.29 is 4.74 Å². The van der Waals surface area contributed by atoms with E-state index in [0.29, 0.717) is 5.92 Å². The van der Waals surface area contributed by atoms with Crippen molar-refractivity contribution in [3.05, 3.63) is 15.6 Å². The number of hydrogen-bond acceptors (Lipinski definition) is 4. The average Bonchev–Trinajstić information content (AvgIpc) is 2.78. The smallest absolute Gasteiger partial charge is 0.122 e. The van der Waals surface area contributed by atoms with Gasteiger partial charge in [0.15, 0.2) is 0 Å². The molecular weight excluding hydrogens is 256 g/mol. The fourth-order valence-electron chi connectivity index (χ4n) is 2.43. The van der Waals surface area contributed by atoms with Crippen LogP contribution in [0.3, 0.4) is 0 Å². The molecule has 0 fully saturated rings. The maximum absolute atomic E-state index is 5.40. The summed E-state index contributed by atoms with van der Waals surface area (Å²) in [5, 5.41) is 4.75. The standard InChI is InChI=1S/C15H26N2OS/c1-10(18-5)14-17-13-11(9-16-15(2,3)4)7-6-8-12(13)19-14/h10-11,16H,6-9H2,1-5H3. The Bertz CT molecular complexity index is 422. The summed E-state index contributed by atoms with van der Waals surface area (Å²) in [5.41, 5.74) is 1.50. The average molecular weight is 282 g/mol. The van der Waals surface area contributed by atoms with Gasteiger partial charge in [-0.05, 0) is 47.0 Å². The number of thiazole rings is 1. The van der Waals surface area contributed by atoms with E-state index in [-0.39, 0.29) is 11.6 Å². The topological polar surface area (TPSA) is 34.1 Å². The van der Waals surface area contributed by atoms with E-state index >= 15 is 0 Å². The second-order valence-electron chi connectivity index (χ2n) is 6.46. The zero-order valence-electron chi connectivity index (χ0n) is 12.7. The number of aromatic nitrogens is 1. The van der Waals surface area contributed by atoms with E-state index in [1.54, 1.807) is 7.11 Å². The summed E-state index contributed by atoms with van der Waals surface area (Å²) in [6.45, 7) is 9.76. The zero-order chi connectivity index (χ0) is 14.0. The van der Waals surface area contributed by atoms with Gasteiger partial charge in [0.25, 0.3) is 0 Å². The normalized spacial score (nSPS) is 21.2. The van der Waals surface area contributed by atoms with Crippen LogP contribution in [-0.4, -0.2) is 24.2 Å². The van der Waals surface area contributed by atoms with Gasteiger partial charge in [0, 0.05) is 30.0 Å². The van der Waals surface area contributed by atoms with Crippen LogP contribution in [-0.2, 0) is 11.2 Å². The van der Waals surface area contributed by atoms with Crippen molar-refractivity contribution in [1.82, 2.24) is 10.3 Å². The summed E-state index contributed by atoms with van der Waals surface area (Å²) in [7, 11) is 1.75. The number of aryl methyl sites for hydroxylation is 1. The number of nitrogens with zero attached hydrogens (tertiary/aromatic N) is 1. The first-order chi connectivity index (χ1) is 8.90. The van der Waals surface area contributed by atoms with Gasteiger partial charge in [-0.2, -0.15) is 0 Å². The zero-order valence-corrected chi connectivity index (χ0v) is 13.6. The summed E-state index contributed by atoms with van der Waals surface area (Å²) in [6, 6.07) is 0. The predicted molar refractivity (Wildman–Crippen MR) is 81.0 cm³/mol. The number of methoxy groups -OCH3 is 1. The monoisotopic (exact) mass is 282 g/mol. The highest BCUT2D eigenvalue weighted by molar-refractivity contribution is 7.11. The van der Waals surface area contributed by atoms with Gasteiger partial charge >= 0.3 is 0 Å². The maximum atomic E-state index is 5.40. The van der Waals surface area contributed by atoms with Gasteiger partial charge in [0.1, 0.15) is 11.1 Å². The first kappa shape index (κ1) is 14.9. The van der Waals surface area contributed by atoms with Crippen LogP contribution < -0.4 is 5.32 Å². The molecule has 2 unspecified atom stereocenters. The molecule has 19 heavy (non-hydrogen) atoms. The molecule has 0 aliphatic heterocycles. The maximum Gasteiger partial charge on any atom is 0.122 e. The SMILES string of the molecule is COC(C)c1nc2c(s1)CCCC2CNC(C)(C)C. The minimum Gasteiger partial charge on any atom is -0.375 e. The summed E-state index contributed by atoms with van der Waals surface area (Å²) in [4.78, 5) is 6.33. The van der Waals surface area contributed by atoms with E-state index < -0.39 is 0 Å². The fraction of sp³-hybridized carbons (Fsp3) is 0.800. The number of fused-ring (bicyclic) bond motifs is 1. The Morgan fingerprint density at radius 2 is 2.21 bits per heavy atom. The molecule has 1 aromatic rings. The molecular formula is C15H26N2OS. The van der Waals surface area contributed by atoms with Gasteiger partial charge in [-0.25, -0.2) is 4.98 Å². The van der Waals surface area contributed by atoms with Crippen molar-refractivity contribution in [1.29, 1.82) is 0 Å². The number of rotatable bonds is 4. The Morgan fingerprint density at radius 3 is 2.84 bits per heavy atom. The molecule has 4 heteroatoms. The lowest BCUT2D eigenvalue weighted by atomic mass is 9.90. The summed E-state index contributed by atoms with van der Waals surface area (Å²) < 4.78 is 5.40. The van der Waals surface area contributed by atoms with Crippen molar-refractivity contribution in [2.75, 3.05) is 13.7 Å². The molecule has 0 bridgehead atoms. The molecule has 1 N–H and O–H groups in total. The van der Waals surface area contributed by atoms with Crippen molar-refractivity contribution in [3.8, 4) is 0 Å². The lowest BCUT2D eigenvalue weighted by molar-refractivity contribution is 0.119. The molecule has 0 saturated carbocycles. The van der Waals surface area contributed by atoms with E-state index in [0.717, 1.165) is 11.6 Å². The highest BCUT2D eigenvalue weighted by Crippen LogP contribution is 2.36. The highest BCUT2D eigenvalue weighted by atomic mass is 32.1. The predicted octanol–water partition coefficient (Wildman–Crippen LogP) is 3.66. The Morgan fingerprint density at radius 1 is 1.47 bits per heavy atom. The molecule has 0 saturated heterocycles. The van der Waals surface area contributed by atoms with Crippen LogP contribution in [0.2, 0.25) is 0 Å². The highest BCUT2D eigenvalue weighted by Gasteiger charge is 2.26. The van der Waals surface area contributed by atoms with E-state index in [1.807, 2.05) is 11.3 Å². The molecule has 0 amide bonds. The van der Waals surface area contributed by atoms with Gasteiger partial charge in [0.2, 0.25) is 0 Å². The molecule has 3 nitrogen and oxygen atoms in total. The Labute approximate surface area is 120 Å². The molecule has 1 aliphatic carbocycles.